The molecule has 6 aliphatic rings. The molecule has 0 bridgehead atoms. The molecule has 0 aromatic carbocycles. The normalized spacial score (nSPS) is 34.1. The summed E-state index contributed by atoms with van der Waals surface area (Å²) in [5.74, 6) is 1.93. The number of likely N-dealkylation sites (tertiary alicyclic amines) is 1. The number of nitrogens with zero attached hydrogens (tertiary/aromatic N) is 2. The van der Waals surface area contributed by atoms with Gasteiger partial charge in [-0.25, -0.2) is 0 Å². The third-order valence-corrected chi connectivity index (χ3v) is 10.8. The standard InChI is InChI=1S/C32H54N6O2/c1-25-21-40-32(24-34-25)10-13-37(14-11-32)26(2)5-6-30-35-22-31(23-36-30)9-3-4-27(19-31)18-28-20-38(15-12-33-28)29-7-16-39-17-8-29/h6,18,26-27,29,33-36H,1,3-5,7-17,19-24H2,2H3/b28-18-,30-6?. The number of piperazine rings is 1. The van der Waals surface area contributed by atoms with Crippen molar-refractivity contribution < 1.29 is 9.47 Å². The molecule has 6 rings (SSSR count). The number of hydrogen-bond acceptors (Lipinski definition) is 8. The zero-order valence-electron chi connectivity index (χ0n) is 24.9. The molecule has 5 heterocycles. The lowest BCUT2D eigenvalue weighted by Crippen LogP contribution is -2.56. The van der Waals surface area contributed by atoms with E-state index in [4.69, 9.17) is 9.47 Å². The second kappa shape index (κ2) is 12.6. The smallest absolute Gasteiger partial charge is 0.0946 e. The van der Waals surface area contributed by atoms with Crippen molar-refractivity contribution in [3.05, 3.63) is 35.9 Å². The van der Waals surface area contributed by atoms with E-state index in [0.717, 1.165) is 84.0 Å². The fraction of sp³-hybridized carbons (Fsp3) is 0.812. The van der Waals surface area contributed by atoms with Gasteiger partial charge in [-0.15, -0.1) is 0 Å². The van der Waals surface area contributed by atoms with Crippen molar-refractivity contribution in [1.29, 1.82) is 0 Å². The first-order valence-corrected chi connectivity index (χ1v) is 16.2. The first-order valence-electron chi connectivity index (χ1n) is 16.2. The van der Waals surface area contributed by atoms with Crippen molar-refractivity contribution in [3.8, 4) is 0 Å². The predicted molar refractivity (Wildman–Crippen MR) is 161 cm³/mol. The van der Waals surface area contributed by atoms with Gasteiger partial charge in [0.1, 0.15) is 0 Å². The average molecular weight is 555 g/mol. The molecule has 40 heavy (non-hydrogen) atoms. The third-order valence-electron chi connectivity index (χ3n) is 10.8. The number of ether oxygens (including phenoxy) is 2. The van der Waals surface area contributed by atoms with E-state index in [1.54, 1.807) is 0 Å². The first-order chi connectivity index (χ1) is 19.5. The van der Waals surface area contributed by atoms with Crippen molar-refractivity contribution in [3.63, 3.8) is 0 Å². The van der Waals surface area contributed by atoms with E-state index in [-0.39, 0.29) is 5.60 Å². The summed E-state index contributed by atoms with van der Waals surface area (Å²) in [5, 5.41) is 14.8. The summed E-state index contributed by atoms with van der Waals surface area (Å²) in [6, 6.07) is 1.25. The summed E-state index contributed by atoms with van der Waals surface area (Å²) in [6.45, 7) is 17.6. The monoisotopic (exact) mass is 554 g/mol. The minimum atomic E-state index is 0.0156. The summed E-state index contributed by atoms with van der Waals surface area (Å²) in [5.41, 5.74) is 2.87. The molecule has 0 amide bonds. The zero-order valence-corrected chi connectivity index (χ0v) is 24.9. The Labute approximate surface area is 242 Å². The highest BCUT2D eigenvalue weighted by atomic mass is 16.5. The minimum Gasteiger partial charge on any atom is -0.386 e. The Bertz CT molecular complexity index is 914. The van der Waals surface area contributed by atoms with Crippen LogP contribution in [0.3, 0.4) is 0 Å². The quantitative estimate of drug-likeness (QED) is 0.414. The Hall–Kier alpha value is -1.74. The van der Waals surface area contributed by atoms with Crippen molar-refractivity contribution >= 4 is 0 Å². The molecule has 8 heteroatoms. The molecule has 2 unspecified atom stereocenters. The van der Waals surface area contributed by atoms with Gasteiger partial charge < -0.3 is 35.6 Å². The average Bonchev–Trinajstić information content (AvgIpc) is 2.99. The number of allylic oxidation sites excluding steroid dienone is 1. The molecular formula is C32H54N6O2. The molecule has 1 aliphatic carbocycles. The van der Waals surface area contributed by atoms with Gasteiger partial charge in [0.2, 0.25) is 0 Å². The Kier molecular flexibility index (Phi) is 8.97. The highest BCUT2D eigenvalue weighted by Crippen LogP contribution is 2.41. The minimum absolute atomic E-state index is 0.0156. The number of morpholine rings is 1. The Balaban J connectivity index is 0.954. The van der Waals surface area contributed by atoms with E-state index in [9.17, 15) is 0 Å². The van der Waals surface area contributed by atoms with Gasteiger partial charge in [0, 0.05) is 94.5 Å². The van der Waals surface area contributed by atoms with Crippen LogP contribution in [0.2, 0.25) is 0 Å². The molecule has 0 aromatic rings. The van der Waals surface area contributed by atoms with Crippen LogP contribution in [0.15, 0.2) is 35.9 Å². The summed E-state index contributed by atoms with van der Waals surface area (Å²) in [6.07, 6.45) is 16.0. The van der Waals surface area contributed by atoms with Gasteiger partial charge in [-0.2, -0.15) is 0 Å². The third kappa shape index (κ3) is 6.83. The van der Waals surface area contributed by atoms with Crippen LogP contribution >= 0.6 is 0 Å². The van der Waals surface area contributed by atoms with Crippen LogP contribution in [-0.4, -0.2) is 99.7 Å². The molecule has 6 fully saturated rings. The van der Waals surface area contributed by atoms with Crippen LogP contribution in [0.4, 0.5) is 0 Å². The van der Waals surface area contributed by atoms with Crippen LogP contribution in [0, 0.1) is 11.3 Å². The van der Waals surface area contributed by atoms with Crippen LogP contribution in [-0.2, 0) is 9.47 Å². The van der Waals surface area contributed by atoms with E-state index in [2.05, 4.69) is 56.7 Å². The highest BCUT2D eigenvalue weighted by molar-refractivity contribution is 5.12. The van der Waals surface area contributed by atoms with Gasteiger partial charge in [0.15, 0.2) is 0 Å². The van der Waals surface area contributed by atoms with Crippen molar-refractivity contribution in [2.45, 2.75) is 82.4 Å². The van der Waals surface area contributed by atoms with Gasteiger partial charge in [0.25, 0.3) is 0 Å². The maximum atomic E-state index is 6.20. The zero-order chi connectivity index (χ0) is 27.4. The van der Waals surface area contributed by atoms with Crippen molar-refractivity contribution in [2.24, 2.45) is 11.3 Å². The molecule has 8 nitrogen and oxygen atoms in total. The summed E-state index contributed by atoms with van der Waals surface area (Å²) >= 11 is 0. The van der Waals surface area contributed by atoms with E-state index in [0.29, 0.717) is 30.0 Å². The molecule has 1 saturated carbocycles. The van der Waals surface area contributed by atoms with Crippen LogP contribution < -0.4 is 21.3 Å². The van der Waals surface area contributed by atoms with Gasteiger partial charge in [0.05, 0.1) is 18.0 Å². The molecule has 224 valence electrons. The van der Waals surface area contributed by atoms with Gasteiger partial charge in [-0.1, -0.05) is 19.1 Å². The topological polar surface area (TPSA) is 73.1 Å². The fourth-order valence-corrected chi connectivity index (χ4v) is 8.03. The lowest BCUT2D eigenvalue weighted by molar-refractivity contribution is -0.0922. The van der Waals surface area contributed by atoms with E-state index in [1.807, 2.05) is 0 Å². The largest absolute Gasteiger partial charge is 0.386 e. The van der Waals surface area contributed by atoms with Crippen LogP contribution in [0.5, 0.6) is 0 Å². The molecule has 2 spiro atoms. The number of rotatable bonds is 5. The molecule has 4 N–H and O–H groups in total. The van der Waals surface area contributed by atoms with Gasteiger partial charge in [-0.3, -0.25) is 4.90 Å². The SMILES string of the molecule is C=C1COC2(CCN(C(C)CC=C3NCC4(CCCC(/C=C5/CN(C6CCOCC6)CCN5)C4)CN3)CC2)CN1. The molecule has 0 aromatic heterocycles. The lowest BCUT2D eigenvalue weighted by Gasteiger charge is -2.46. The highest BCUT2D eigenvalue weighted by Gasteiger charge is 2.40. The summed E-state index contributed by atoms with van der Waals surface area (Å²) in [7, 11) is 0. The predicted octanol–water partition coefficient (Wildman–Crippen LogP) is 2.91. The van der Waals surface area contributed by atoms with Crippen molar-refractivity contribution in [1.82, 2.24) is 31.1 Å². The molecule has 5 aliphatic heterocycles. The Morgan fingerprint density at radius 1 is 1.00 bits per heavy atom. The maximum absolute atomic E-state index is 6.20. The molecular weight excluding hydrogens is 500 g/mol. The number of nitrogens with one attached hydrogen (secondary N) is 4. The maximum Gasteiger partial charge on any atom is 0.0946 e. The Morgan fingerprint density at radius 2 is 1.80 bits per heavy atom. The number of piperidine rings is 1. The van der Waals surface area contributed by atoms with Crippen molar-refractivity contribution in [2.75, 3.05) is 72.2 Å². The van der Waals surface area contributed by atoms with E-state index >= 15 is 0 Å². The summed E-state index contributed by atoms with van der Waals surface area (Å²) < 4.78 is 11.8. The molecule has 2 atom stereocenters. The first kappa shape index (κ1) is 28.4. The Morgan fingerprint density at radius 3 is 2.55 bits per heavy atom. The molecule has 0 radical (unpaired) electrons. The lowest BCUT2D eigenvalue weighted by atomic mass is 9.68. The van der Waals surface area contributed by atoms with Gasteiger partial charge >= 0.3 is 0 Å². The number of hydrogen-bond donors (Lipinski definition) is 4. The second-order valence-corrected chi connectivity index (χ2v) is 13.7. The molecule has 5 saturated heterocycles. The van der Waals surface area contributed by atoms with E-state index < -0.39 is 0 Å². The van der Waals surface area contributed by atoms with E-state index in [1.165, 1.54) is 56.6 Å². The fourth-order valence-electron chi connectivity index (χ4n) is 8.03. The second-order valence-electron chi connectivity index (χ2n) is 13.7. The summed E-state index contributed by atoms with van der Waals surface area (Å²) in [4.78, 5) is 5.34. The van der Waals surface area contributed by atoms with Crippen LogP contribution in [0.25, 0.3) is 0 Å². The van der Waals surface area contributed by atoms with Gasteiger partial charge in [-0.05, 0) is 70.3 Å². The van der Waals surface area contributed by atoms with Crippen LogP contribution in [0.1, 0.15) is 64.7 Å².